The summed E-state index contributed by atoms with van der Waals surface area (Å²) in [5, 5.41) is 5.93. The highest BCUT2D eigenvalue weighted by Gasteiger charge is 2.27. The molecular weight excluding hydrogens is 416 g/mol. The van der Waals surface area contributed by atoms with Crippen LogP contribution in [0.2, 0.25) is 0 Å². The van der Waals surface area contributed by atoms with Crippen molar-refractivity contribution in [1.29, 1.82) is 0 Å². The minimum absolute atomic E-state index is 0.141. The Balaban J connectivity index is 0.000000320. The highest BCUT2D eigenvalue weighted by molar-refractivity contribution is 6.00. The molecule has 0 aromatic heterocycles. The Bertz CT molecular complexity index is 683. The van der Waals surface area contributed by atoms with Crippen LogP contribution in [-0.4, -0.2) is 80.4 Å². The quantitative estimate of drug-likeness (QED) is 0.522. The molecule has 4 amide bonds. The maximum Gasteiger partial charge on any atom is 0.297 e. The molecule has 0 atom stereocenters. The molecule has 0 spiro atoms. The summed E-state index contributed by atoms with van der Waals surface area (Å²) in [5.74, 6) is -0.363. The summed E-state index contributed by atoms with van der Waals surface area (Å²) in [5.41, 5.74) is 2.18. The van der Waals surface area contributed by atoms with Gasteiger partial charge in [-0.2, -0.15) is 0 Å². The van der Waals surface area contributed by atoms with Crippen molar-refractivity contribution in [2.24, 2.45) is 0 Å². The molecule has 2 heterocycles. The molecule has 0 radical (unpaired) electrons. The third kappa shape index (κ3) is 7.08. The minimum atomic E-state index is -0.367. The molecule has 0 saturated carbocycles. The van der Waals surface area contributed by atoms with Gasteiger partial charge in [0.2, 0.25) is 18.6 Å². The fourth-order valence-electron chi connectivity index (χ4n) is 3.19. The summed E-state index contributed by atoms with van der Waals surface area (Å²) >= 11 is 0. The largest absolute Gasteiger partial charge is 0.487 e. The second kappa shape index (κ2) is 13.5. The van der Waals surface area contributed by atoms with E-state index >= 15 is 0 Å². The number of rotatable bonds is 8. The van der Waals surface area contributed by atoms with E-state index in [9.17, 15) is 19.2 Å². The lowest BCUT2D eigenvalue weighted by molar-refractivity contribution is -0.140. The number of ether oxygens (including phenoxy) is 2. The Morgan fingerprint density at radius 1 is 0.875 bits per heavy atom. The minimum Gasteiger partial charge on any atom is -0.487 e. The fraction of sp³-hybridized carbons (Fsp3) is 0.636. The standard InChI is InChI=1S/2C11H18N2O3/c1-8(2)13(7-14)11(15)9-6-16-5-4-10(9)12-3;1-8(2)13(7-14)11(15)10-9(12-3)5-4-6-16-10/h2*7-8,12H,4-6H2,1-3H3. The first kappa shape index (κ1) is 27.2. The molecule has 0 fully saturated rings. The smallest absolute Gasteiger partial charge is 0.297 e. The topological polar surface area (TPSA) is 117 Å². The van der Waals surface area contributed by atoms with Gasteiger partial charge in [0.15, 0.2) is 0 Å². The lowest BCUT2D eigenvalue weighted by Gasteiger charge is -2.25. The molecule has 0 aromatic rings. The molecule has 0 unspecified atom stereocenters. The van der Waals surface area contributed by atoms with Crippen LogP contribution in [0.25, 0.3) is 0 Å². The molecule has 2 rings (SSSR count). The average molecular weight is 453 g/mol. The van der Waals surface area contributed by atoms with Crippen LogP contribution in [-0.2, 0) is 28.7 Å². The Labute approximate surface area is 190 Å². The van der Waals surface area contributed by atoms with Gasteiger partial charge in [0, 0.05) is 38.3 Å². The van der Waals surface area contributed by atoms with E-state index in [1.165, 1.54) is 4.90 Å². The number of amides is 4. The van der Waals surface area contributed by atoms with Crippen molar-refractivity contribution in [2.45, 2.75) is 59.0 Å². The Hall–Kier alpha value is -2.88. The maximum absolute atomic E-state index is 12.1. The van der Waals surface area contributed by atoms with Gasteiger partial charge in [-0.15, -0.1) is 0 Å². The van der Waals surface area contributed by atoms with E-state index in [0.717, 1.165) is 29.1 Å². The number of hydrogen-bond acceptors (Lipinski definition) is 8. The van der Waals surface area contributed by atoms with Crippen LogP contribution >= 0.6 is 0 Å². The third-order valence-corrected chi connectivity index (χ3v) is 5.06. The van der Waals surface area contributed by atoms with Crippen LogP contribution in [0.5, 0.6) is 0 Å². The zero-order valence-electron chi connectivity index (χ0n) is 19.9. The molecule has 180 valence electrons. The van der Waals surface area contributed by atoms with Crippen molar-refractivity contribution in [2.75, 3.05) is 33.9 Å². The molecule has 10 heteroatoms. The number of nitrogens with one attached hydrogen (secondary N) is 2. The number of carbonyl (C=O) groups excluding carboxylic acids is 4. The molecule has 0 bridgehead atoms. The summed E-state index contributed by atoms with van der Waals surface area (Å²) in [6.45, 7) is 8.58. The average Bonchev–Trinajstić information content (AvgIpc) is 2.79. The van der Waals surface area contributed by atoms with Gasteiger partial charge in [-0.3, -0.25) is 29.0 Å². The first-order valence-corrected chi connectivity index (χ1v) is 10.8. The van der Waals surface area contributed by atoms with Gasteiger partial charge >= 0.3 is 0 Å². The molecule has 2 aliphatic rings. The molecule has 2 N–H and O–H groups in total. The van der Waals surface area contributed by atoms with E-state index in [1.807, 2.05) is 0 Å². The van der Waals surface area contributed by atoms with E-state index in [2.05, 4.69) is 10.6 Å². The SMILES string of the molecule is CNC1=C(C(=O)N(C=O)C(C)C)COCC1.CNC1=C(C(=O)N(C=O)C(C)C)OCCC1. The highest BCUT2D eigenvalue weighted by Crippen LogP contribution is 2.19. The van der Waals surface area contributed by atoms with Gasteiger partial charge in [0.25, 0.3) is 11.8 Å². The van der Waals surface area contributed by atoms with Crippen LogP contribution in [0.15, 0.2) is 22.7 Å². The first-order valence-electron chi connectivity index (χ1n) is 10.8. The summed E-state index contributed by atoms with van der Waals surface area (Å²) in [7, 11) is 3.52. The van der Waals surface area contributed by atoms with Crippen molar-refractivity contribution in [1.82, 2.24) is 20.4 Å². The number of hydrogen-bond donors (Lipinski definition) is 2. The van der Waals surface area contributed by atoms with Gasteiger partial charge in [0.05, 0.1) is 31.1 Å². The van der Waals surface area contributed by atoms with E-state index < -0.39 is 0 Å². The normalized spacial score (nSPS) is 16.0. The zero-order valence-corrected chi connectivity index (χ0v) is 19.9. The molecule has 0 saturated heterocycles. The summed E-state index contributed by atoms with van der Waals surface area (Å²) in [6.07, 6.45) is 3.47. The Morgan fingerprint density at radius 3 is 1.94 bits per heavy atom. The van der Waals surface area contributed by atoms with Crippen molar-refractivity contribution in [3.8, 4) is 0 Å². The predicted molar refractivity (Wildman–Crippen MR) is 119 cm³/mol. The monoisotopic (exact) mass is 452 g/mol. The maximum atomic E-state index is 12.1. The number of imide groups is 2. The summed E-state index contributed by atoms with van der Waals surface area (Å²) in [4.78, 5) is 48.1. The van der Waals surface area contributed by atoms with Crippen LogP contribution in [0, 0.1) is 0 Å². The number of nitrogens with zero attached hydrogens (tertiary/aromatic N) is 2. The summed E-state index contributed by atoms with van der Waals surface area (Å²) in [6, 6.07) is -0.307. The van der Waals surface area contributed by atoms with Crippen LogP contribution in [0.1, 0.15) is 47.0 Å². The van der Waals surface area contributed by atoms with E-state index in [1.54, 1.807) is 41.8 Å². The number of allylic oxidation sites excluding steroid dienone is 1. The van der Waals surface area contributed by atoms with Crippen molar-refractivity contribution in [3.05, 3.63) is 22.7 Å². The molecule has 0 aliphatic carbocycles. The molecular formula is C22H36N4O6. The lowest BCUT2D eigenvalue weighted by Crippen LogP contribution is -2.39. The van der Waals surface area contributed by atoms with E-state index in [0.29, 0.717) is 38.0 Å². The van der Waals surface area contributed by atoms with Crippen molar-refractivity contribution >= 4 is 24.6 Å². The van der Waals surface area contributed by atoms with Crippen LogP contribution < -0.4 is 10.6 Å². The third-order valence-electron chi connectivity index (χ3n) is 5.06. The molecule has 2 aliphatic heterocycles. The van der Waals surface area contributed by atoms with Crippen LogP contribution in [0.3, 0.4) is 0 Å². The molecule has 10 nitrogen and oxygen atoms in total. The van der Waals surface area contributed by atoms with Crippen LogP contribution in [0.4, 0.5) is 0 Å². The highest BCUT2D eigenvalue weighted by atomic mass is 16.5. The first-order chi connectivity index (χ1) is 15.2. The number of carbonyl (C=O) groups is 4. The van der Waals surface area contributed by atoms with Gasteiger partial charge in [-0.1, -0.05) is 0 Å². The van der Waals surface area contributed by atoms with E-state index in [-0.39, 0.29) is 36.3 Å². The van der Waals surface area contributed by atoms with Crippen molar-refractivity contribution in [3.63, 3.8) is 0 Å². The van der Waals surface area contributed by atoms with Gasteiger partial charge in [0.1, 0.15) is 0 Å². The van der Waals surface area contributed by atoms with Gasteiger partial charge in [-0.05, 0) is 40.5 Å². The van der Waals surface area contributed by atoms with Gasteiger partial charge < -0.3 is 20.1 Å². The summed E-state index contributed by atoms with van der Waals surface area (Å²) < 4.78 is 10.6. The van der Waals surface area contributed by atoms with E-state index in [4.69, 9.17) is 9.47 Å². The predicted octanol–water partition coefficient (Wildman–Crippen LogP) is 0.895. The fourth-order valence-corrected chi connectivity index (χ4v) is 3.19. The zero-order chi connectivity index (χ0) is 24.3. The van der Waals surface area contributed by atoms with Crippen molar-refractivity contribution < 1.29 is 28.7 Å². The Morgan fingerprint density at radius 2 is 1.44 bits per heavy atom. The Kier molecular flexibility index (Phi) is 11.5. The molecule has 32 heavy (non-hydrogen) atoms. The second-order valence-corrected chi connectivity index (χ2v) is 7.84. The lowest BCUT2D eigenvalue weighted by atomic mass is 10.1. The second-order valence-electron chi connectivity index (χ2n) is 7.84. The molecule has 0 aromatic carbocycles. The van der Waals surface area contributed by atoms with Gasteiger partial charge in [-0.25, -0.2) is 0 Å².